The first-order chi connectivity index (χ1) is 7.81. The predicted molar refractivity (Wildman–Crippen MR) is 72.7 cm³/mol. The van der Waals surface area contributed by atoms with Gasteiger partial charge in [-0.15, -0.1) is 0 Å². The molecule has 0 unspecified atom stereocenters. The van der Waals surface area contributed by atoms with Crippen molar-refractivity contribution >= 4 is 14.0 Å². The summed E-state index contributed by atoms with van der Waals surface area (Å²) in [6.07, 6.45) is 0. The van der Waals surface area contributed by atoms with Gasteiger partial charge in [0.2, 0.25) is 0 Å². The molecule has 4 heteroatoms. The summed E-state index contributed by atoms with van der Waals surface area (Å²) in [4.78, 5) is 17.6. The van der Waals surface area contributed by atoms with Crippen LogP contribution in [0.3, 0.4) is 0 Å². The lowest BCUT2D eigenvalue weighted by Crippen LogP contribution is -2.43. The number of carbonyl (C=O) groups is 1. The molecule has 3 nitrogen and oxygen atoms in total. The van der Waals surface area contributed by atoms with E-state index in [2.05, 4.69) is 24.8 Å². The van der Waals surface area contributed by atoms with Crippen LogP contribution in [0.2, 0.25) is 19.6 Å². The molecule has 0 saturated heterocycles. The van der Waals surface area contributed by atoms with Crippen LogP contribution < -0.4 is 9.98 Å². The van der Waals surface area contributed by atoms with Crippen LogP contribution >= 0.6 is 0 Å². The van der Waals surface area contributed by atoms with Gasteiger partial charge in [-0.05, 0) is 12.1 Å². The van der Waals surface area contributed by atoms with Crippen LogP contribution in [0.15, 0.2) is 24.3 Å². The van der Waals surface area contributed by atoms with Gasteiger partial charge in [0, 0.05) is 5.92 Å². The van der Waals surface area contributed by atoms with Crippen molar-refractivity contribution in [3.8, 4) is 5.75 Å². The predicted octanol–water partition coefficient (Wildman–Crippen LogP) is 3.24. The summed E-state index contributed by atoms with van der Waals surface area (Å²) in [5, 5.41) is 3.06. The molecule has 0 bridgehead atoms. The van der Waals surface area contributed by atoms with Crippen molar-refractivity contribution in [1.29, 1.82) is 0 Å². The second kappa shape index (κ2) is 5.47. The fourth-order valence-electron chi connectivity index (χ4n) is 1.28. The van der Waals surface area contributed by atoms with E-state index in [4.69, 9.17) is 4.84 Å². The largest absolute Gasteiger partial charge is 0.415 e. The average molecular weight is 251 g/mol. The van der Waals surface area contributed by atoms with Crippen molar-refractivity contribution in [3.63, 3.8) is 0 Å². The molecule has 0 radical (unpaired) electrons. The molecule has 94 valence electrons. The monoisotopic (exact) mass is 251 g/mol. The van der Waals surface area contributed by atoms with Gasteiger partial charge in [0.25, 0.3) is 0 Å². The molecule has 0 heterocycles. The van der Waals surface area contributed by atoms with Gasteiger partial charge in [-0.25, -0.2) is 0 Å². The molecule has 1 aromatic rings. The van der Waals surface area contributed by atoms with Gasteiger partial charge in [0.15, 0.2) is 19.8 Å². The van der Waals surface area contributed by atoms with Crippen molar-refractivity contribution < 1.29 is 9.63 Å². The Labute approximate surface area is 104 Å². The highest BCUT2D eigenvalue weighted by molar-refractivity contribution is 6.73. The summed E-state index contributed by atoms with van der Waals surface area (Å²) in [6, 6.07) is 7.36. The van der Waals surface area contributed by atoms with Crippen LogP contribution in [-0.2, 0) is 0 Å². The van der Waals surface area contributed by atoms with E-state index in [1.807, 2.05) is 38.1 Å². The fraction of sp³-hybridized carbons (Fsp3) is 0.462. The van der Waals surface area contributed by atoms with Crippen LogP contribution in [0, 0.1) is 5.92 Å². The number of benzene rings is 1. The van der Waals surface area contributed by atoms with Crippen LogP contribution in [0.1, 0.15) is 24.2 Å². The first-order valence-electron chi connectivity index (χ1n) is 5.88. The number of para-hydroxylation sites is 1. The van der Waals surface area contributed by atoms with Gasteiger partial charge >= 0.3 is 0 Å². The third-order valence-electron chi connectivity index (χ3n) is 2.14. The lowest BCUT2D eigenvalue weighted by atomic mass is 10.0. The van der Waals surface area contributed by atoms with Crippen molar-refractivity contribution in [3.05, 3.63) is 29.8 Å². The molecular weight excluding hydrogens is 230 g/mol. The Morgan fingerprint density at radius 3 is 2.35 bits per heavy atom. The van der Waals surface area contributed by atoms with Gasteiger partial charge in [0.05, 0.1) is 5.56 Å². The zero-order valence-electron chi connectivity index (χ0n) is 11.2. The third-order valence-corrected chi connectivity index (χ3v) is 2.86. The Bertz CT molecular complexity index is 397. The van der Waals surface area contributed by atoms with Crippen molar-refractivity contribution in [2.75, 3.05) is 0 Å². The molecule has 1 N–H and O–H groups in total. The summed E-state index contributed by atoms with van der Waals surface area (Å²) >= 11 is 0. The number of hydrogen-bond donors (Lipinski definition) is 1. The Balaban J connectivity index is 2.89. The second-order valence-corrected chi connectivity index (χ2v) is 10.2. The zero-order chi connectivity index (χ0) is 13.1. The minimum atomic E-state index is -1.51. The van der Waals surface area contributed by atoms with Gasteiger partial charge < -0.3 is 4.84 Å². The molecule has 0 saturated carbocycles. The van der Waals surface area contributed by atoms with E-state index in [1.54, 1.807) is 0 Å². The standard InChI is InChI=1S/C13H21NO2Si/c1-10(2)13(15)11-8-6-7-9-12(11)16-14-17(3,4)5/h6-10,14H,1-5H3. The van der Waals surface area contributed by atoms with Crippen LogP contribution in [0.4, 0.5) is 0 Å². The average Bonchev–Trinajstić information content (AvgIpc) is 2.24. The second-order valence-electron chi connectivity index (χ2n) is 5.47. The van der Waals surface area contributed by atoms with E-state index in [-0.39, 0.29) is 11.7 Å². The molecule has 0 aliphatic carbocycles. The molecule has 0 amide bonds. The highest BCUT2D eigenvalue weighted by atomic mass is 28.3. The maximum Gasteiger partial charge on any atom is 0.169 e. The number of hydrogen-bond acceptors (Lipinski definition) is 3. The molecule has 0 aliphatic heterocycles. The smallest absolute Gasteiger partial charge is 0.169 e. The number of nitrogens with one attached hydrogen (secondary N) is 1. The van der Waals surface area contributed by atoms with Gasteiger partial charge in [-0.1, -0.05) is 45.6 Å². The van der Waals surface area contributed by atoms with Gasteiger partial charge in [-0.3, -0.25) is 4.79 Å². The van der Waals surface area contributed by atoms with Crippen molar-refractivity contribution in [2.24, 2.45) is 5.92 Å². The maximum atomic E-state index is 12.0. The molecule has 0 aliphatic rings. The SMILES string of the molecule is CC(C)C(=O)c1ccccc1ON[Si](C)(C)C. The van der Waals surface area contributed by atoms with Gasteiger partial charge in [0.1, 0.15) is 0 Å². The maximum absolute atomic E-state index is 12.0. The van der Waals surface area contributed by atoms with Crippen LogP contribution in [0.5, 0.6) is 5.75 Å². The Kier molecular flexibility index (Phi) is 4.48. The molecule has 0 fully saturated rings. The Morgan fingerprint density at radius 1 is 1.24 bits per heavy atom. The van der Waals surface area contributed by atoms with E-state index in [0.717, 1.165) is 0 Å². The van der Waals surface area contributed by atoms with E-state index < -0.39 is 8.24 Å². The van der Waals surface area contributed by atoms with E-state index in [9.17, 15) is 4.79 Å². The summed E-state index contributed by atoms with van der Waals surface area (Å²) < 4.78 is 0. The molecule has 0 aromatic heterocycles. The highest BCUT2D eigenvalue weighted by Gasteiger charge is 2.18. The summed E-state index contributed by atoms with van der Waals surface area (Å²) in [7, 11) is -1.51. The molecular formula is C13H21NO2Si. The summed E-state index contributed by atoms with van der Waals surface area (Å²) in [6.45, 7) is 10.2. The minimum Gasteiger partial charge on any atom is -0.415 e. The lowest BCUT2D eigenvalue weighted by Gasteiger charge is -2.19. The quantitative estimate of drug-likeness (QED) is 0.496. The first kappa shape index (κ1) is 13.9. The van der Waals surface area contributed by atoms with E-state index in [0.29, 0.717) is 11.3 Å². The van der Waals surface area contributed by atoms with E-state index >= 15 is 0 Å². The number of ketones is 1. The normalized spacial score (nSPS) is 11.6. The third kappa shape index (κ3) is 4.32. The molecule has 0 atom stereocenters. The summed E-state index contributed by atoms with van der Waals surface area (Å²) in [5.41, 5.74) is 0.647. The summed E-state index contributed by atoms with van der Waals surface area (Å²) in [5.74, 6) is 0.707. The van der Waals surface area contributed by atoms with Crippen molar-refractivity contribution in [2.45, 2.75) is 33.5 Å². The zero-order valence-corrected chi connectivity index (χ0v) is 12.2. The molecule has 1 aromatic carbocycles. The fourth-order valence-corrected chi connectivity index (χ4v) is 1.69. The van der Waals surface area contributed by atoms with E-state index in [1.165, 1.54) is 0 Å². The lowest BCUT2D eigenvalue weighted by molar-refractivity contribution is 0.0933. The molecule has 1 rings (SSSR count). The number of rotatable bonds is 5. The first-order valence-corrected chi connectivity index (χ1v) is 9.38. The number of Topliss-reactive ketones (excluding diaryl/α,β-unsaturated/α-hetero) is 1. The molecule has 17 heavy (non-hydrogen) atoms. The molecule has 0 spiro atoms. The number of carbonyl (C=O) groups excluding carboxylic acids is 1. The van der Waals surface area contributed by atoms with Crippen LogP contribution in [-0.4, -0.2) is 14.0 Å². The van der Waals surface area contributed by atoms with Gasteiger partial charge in [-0.2, -0.15) is 5.15 Å². The van der Waals surface area contributed by atoms with Crippen LogP contribution in [0.25, 0.3) is 0 Å². The van der Waals surface area contributed by atoms with Crippen molar-refractivity contribution in [1.82, 2.24) is 5.15 Å². The Morgan fingerprint density at radius 2 is 1.82 bits per heavy atom. The topological polar surface area (TPSA) is 38.3 Å². The Hall–Kier alpha value is -1.13. The minimum absolute atomic E-state index is 0.0216. The highest BCUT2D eigenvalue weighted by Crippen LogP contribution is 2.21.